The van der Waals surface area contributed by atoms with Crippen LogP contribution < -0.4 is 15.0 Å². The summed E-state index contributed by atoms with van der Waals surface area (Å²) in [7, 11) is 1.90. The summed E-state index contributed by atoms with van der Waals surface area (Å²) >= 11 is 0. The summed E-state index contributed by atoms with van der Waals surface area (Å²) in [5.41, 5.74) is 1.92. The predicted octanol–water partition coefficient (Wildman–Crippen LogP) is 4.28. The van der Waals surface area contributed by atoms with Crippen LogP contribution in [0.1, 0.15) is 24.3 Å². The van der Waals surface area contributed by atoms with Crippen LogP contribution in [-0.2, 0) is 0 Å². The lowest BCUT2D eigenvalue weighted by atomic mass is 10.3. The highest BCUT2D eigenvalue weighted by molar-refractivity contribution is 6.02. The van der Waals surface area contributed by atoms with Gasteiger partial charge in [-0.25, -0.2) is 9.97 Å². The first-order chi connectivity index (χ1) is 13.0. The molecule has 0 aliphatic rings. The summed E-state index contributed by atoms with van der Waals surface area (Å²) in [6.07, 6.45) is 3.16. The Labute approximate surface area is 158 Å². The van der Waals surface area contributed by atoms with Crippen molar-refractivity contribution < 1.29 is 9.53 Å². The highest BCUT2D eigenvalue weighted by Gasteiger charge is 2.11. The van der Waals surface area contributed by atoms with Crippen molar-refractivity contribution in [2.75, 3.05) is 17.3 Å². The van der Waals surface area contributed by atoms with Crippen LogP contribution in [0.2, 0.25) is 0 Å². The maximum Gasteiger partial charge on any atom is 0.275 e. The van der Waals surface area contributed by atoms with Crippen LogP contribution in [0.4, 0.5) is 17.2 Å². The minimum atomic E-state index is -0.311. The third-order valence-electron chi connectivity index (χ3n) is 3.84. The molecule has 3 rings (SSSR count). The highest BCUT2D eigenvalue weighted by Crippen LogP contribution is 2.20. The Morgan fingerprint density at radius 3 is 2.30 bits per heavy atom. The van der Waals surface area contributed by atoms with Gasteiger partial charge in [0.25, 0.3) is 5.91 Å². The fourth-order valence-corrected chi connectivity index (χ4v) is 2.48. The van der Waals surface area contributed by atoms with Gasteiger partial charge >= 0.3 is 0 Å². The van der Waals surface area contributed by atoms with E-state index in [0.717, 1.165) is 11.4 Å². The topological polar surface area (TPSA) is 67.3 Å². The molecular formula is C21H22N4O2. The first-order valence-corrected chi connectivity index (χ1v) is 8.72. The molecule has 0 radical (unpaired) electrons. The molecule has 0 unspecified atom stereocenters. The van der Waals surface area contributed by atoms with Crippen LogP contribution in [0.3, 0.4) is 0 Å². The number of hydrogen-bond acceptors (Lipinski definition) is 5. The second-order valence-corrected chi connectivity index (χ2v) is 6.30. The number of rotatable bonds is 6. The van der Waals surface area contributed by atoms with E-state index in [-0.39, 0.29) is 17.7 Å². The molecule has 138 valence electrons. The van der Waals surface area contributed by atoms with Crippen molar-refractivity contribution in [1.29, 1.82) is 0 Å². The molecular weight excluding hydrogens is 340 g/mol. The number of ether oxygens (including phenoxy) is 1. The number of carbonyl (C=O) groups excluding carboxylic acids is 1. The first-order valence-electron chi connectivity index (χ1n) is 8.72. The smallest absolute Gasteiger partial charge is 0.275 e. The van der Waals surface area contributed by atoms with Gasteiger partial charge in [-0.05, 0) is 50.2 Å². The van der Waals surface area contributed by atoms with Crippen LogP contribution in [0.5, 0.6) is 5.75 Å². The highest BCUT2D eigenvalue weighted by atomic mass is 16.5. The molecule has 1 heterocycles. The summed E-state index contributed by atoms with van der Waals surface area (Å²) in [6, 6.07) is 17.1. The van der Waals surface area contributed by atoms with Crippen molar-refractivity contribution >= 4 is 23.1 Å². The largest absolute Gasteiger partial charge is 0.491 e. The summed E-state index contributed by atoms with van der Waals surface area (Å²) in [5, 5.41) is 2.81. The van der Waals surface area contributed by atoms with Crippen LogP contribution >= 0.6 is 0 Å². The predicted molar refractivity (Wildman–Crippen MR) is 107 cm³/mol. The molecule has 0 aliphatic carbocycles. The number of nitrogens with one attached hydrogen (secondary N) is 1. The number of anilines is 3. The molecule has 1 amide bonds. The normalized spacial score (nSPS) is 10.5. The van der Waals surface area contributed by atoms with Crippen molar-refractivity contribution in [3.05, 3.63) is 72.7 Å². The van der Waals surface area contributed by atoms with Gasteiger partial charge in [-0.15, -0.1) is 0 Å². The van der Waals surface area contributed by atoms with Gasteiger partial charge in [0.2, 0.25) is 0 Å². The average Bonchev–Trinajstić information content (AvgIpc) is 2.69. The molecule has 6 nitrogen and oxygen atoms in total. The molecule has 0 saturated carbocycles. The van der Waals surface area contributed by atoms with Gasteiger partial charge in [-0.1, -0.05) is 18.2 Å². The molecule has 27 heavy (non-hydrogen) atoms. The Morgan fingerprint density at radius 2 is 1.70 bits per heavy atom. The molecule has 1 N–H and O–H groups in total. The molecule has 6 heteroatoms. The van der Waals surface area contributed by atoms with E-state index in [1.807, 2.05) is 68.3 Å². The van der Waals surface area contributed by atoms with Crippen molar-refractivity contribution in [3.8, 4) is 5.75 Å². The van der Waals surface area contributed by atoms with Gasteiger partial charge in [0.15, 0.2) is 5.82 Å². The Kier molecular flexibility index (Phi) is 5.66. The van der Waals surface area contributed by atoms with Crippen LogP contribution in [0, 0.1) is 0 Å². The van der Waals surface area contributed by atoms with Crippen LogP contribution in [0.15, 0.2) is 67.0 Å². The molecule has 1 aromatic heterocycles. The summed E-state index contributed by atoms with van der Waals surface area (Å²) in [4.78, 5) is 22.9. The van der Waals surface area contributed by atoms with Crippen molar-refractivity contribution in [2.24, 2.45) is 0 Å². The average molecular weight is 362 g/mol. The fraction of sp³-hybridized carbons (Fsp3) is 0.190. The second-order valence-electron chi connectivity index (χ2n) is 6.30. The zero-order chi connectivity index (χ0) is 19.2. The third kappa shape index (κ3) is 4.82. The summed E-state index contributed by atoms with van der Waals surface area (Å²) < 4.78 is 5.59. The molecule has 0 saturated heterocycles. The van der Waals surface area contributed by atoms with Gasteiger partial charge in [-0.2, -0.15) is 0 Å². The first kappa shape index (κ1) is 18.4. The zero-order valence-corrected chi connectivity index (χ0v) is 15.6. The fourth-order valence-electron chi connectivity index (χ4n) is 2.48. The second kappa shape index (κ2) is 8.31. The standard InChI is InChI=1S/C21H22N4O2/c1-15(2)27-18-11-9-16(10-12-18)24-21(26)19-13-23-20(14-22-19)25(3)17-7-5-4-6-8-17/h4-15H,1-3H3,(H,24,26). The Morgan fingerprint density at radius 1 is 1.00 bits per heavy atom. The summed E-state index contributed by atoms with van der Waals surface area (Å²) in [6.45, 7) is 3.93. The number of aromatic nitrogens is 2. The lowest BCUT2D eigenvalue weighted by molar-refractivity contribution is 0.102. The maximum absolute atomic E-state index is 12.4. The number of hydrogen-bond donors (Lipinski definition) is 1. The quantitative estimate of drug-likeness (QED) is 0.709. The Hall–Kier alpha value is -3.41. The molecule has 0 fully saturated rings. The van der Waals surface area contributed by atoms with Gasteiger partial charge in [0.1, 0.15) is 11.4 Å². The van der Waals surface area contributed by atoms with E-state index in [9.17, 15) is 4.79 Å². The van der Waals surface area contributed by atoms with E-state index in [1.54, 1.807) is 18.3 Å². The van der Waals surface area contributed by atoms with Gasteiger partial charge in [0.05, 0.1) is 18.5 Å². The van der Waals surface area contributed by atoms with E-state index in [2.05, 4.69) is 15.3 Å². The monoisotopic (exact) mass is 362 g/mol. The minimum Gasteiger partial charge on any atom is -0.491 e. The Balaban J connectivity index is 1.65. The van der Waals surface area contributed by atoms with Crippen molar-refractivity contribution in [2.45, 2.75) is 20.0 Å². The molecule has 0 bridgehead atoms. The van der Waals surface area contributed by atoms with Gasteiger partial charge < -0.3 is 15.0 Å². The minimum absolute atomic E-state index is 0.105. The number of carbonyl (C=O) groups is 1. The lowest BCUT2D eigenvalue weighted by Gasteiger charge is -2.17. The van der Waals surface area contributed by atoms with Gasteiger partial charge in [-0.3, -0.25) is 4.79 Å². The number of nitrogens with zero attached hydrogens (tertiary/aromatic N) is 3. The van der Waals surface area contributed by atoms with Crippen molar-refractivity contribution in [1.82, 2.24) is 9.97 Å². The SMILES string of the molecule is CC(C)Oc1ccc(NC(=O)c2cnc(N(C)c3ccccc3)cn2)cc1. The van der Waals surface area contributed by atoms with Crippen molar-refractivity contribution in [3.63, 3.8) is 0 Å². The molecule has 0 spiro atoms. The molecule has 0 aliphatic heterocycles. The number of benzene rings is 2. The zero-order valence-electron chi connectivity index (χ0n) is 15.6. The molecule has 0 atom stereocenters. The van der Waals surface area contributed by atoms with Crippen LogP contribution in [-0.4, -0.2) is 29.0 Å². The van der Waals surface area contributed by atoms with E-state index in [0.29, 0.717) is 11.5 Å². The number of amides is 1. The van der Waals surface area contributed by atoms with E-state index >= 15 is 0 Å². The maximum atomic E-state index is 12.4. The summed E-state index contributed by atoms with van der Waals surface area (Å²) in [5.74, 6) is 1.11. The molecule has 2 aromatic carbocycles. The van der Waals surface area contributed by atoms with E-state index in [4.69, 9.17) is 4.74 Å². The molecule has 3 aromatic rings. The van der Waals surface area contributed by atoms with Crippen LogP contribution in [0.25, 0.3) is 0 Å². The van der Waals surface area contributed by atoms with E-state index < -0.39 is 0 Å². The third-order valence-corrected chi connectivity index (χ3v) is 3.84. The van der Waals surface area contributed by atoms with Gasteiger partial charge in [0, 0.05) is 18.4 Å². The Bertz CT molecular complexity index is 878. The number of para-hydroxylation sites is 1. The lowest BCUT2D eigenvalue weighted by Crippen LogP contribution is -2.16. The van der Waals surface area contributed by atoms with E-state index in [1.165, 1.54) is 6.20 Å².